The van der Waals surface area contributed by atoms with E-state index in [1.165, 1.54) is 32.1 Å². The number of rotatable bonds is 6. The van der Waals surface area contributed by atoms with Crippen molar-refractivity contribution in [3.8, 4) is 0 Å². The quantitative estimate of drug-likeness (QED) is 0.855. The summed E-state index contributed by atoms with van der Waals surface area (Å²) in [5, 5.41) is 7.52. The molecule has 1 atom stereocenters. The van der Waals surface area contributed by atoms with Crippen LogP contribution < -0.4 is 5.32 Å². The highest BCUT2D eigenvalue weighted by atomic mass is 16.5. The maximum absolute atomic E-state index is 5.38. The second-order valence-electron chi connectivity index (χ2n) is 5.62. The Bertz CT molecular complexity index is 386. The van der Waals surface area contributed by atoms with Crippen molar-refractivity contribution in [2.75, 3.05) is 14.2 Å². The molecular weight excluding hydrogens is 242 g/mol. The van der Waals surface area contributed by atoms with Gasteiger partial charge in [-0.05, 0) is 26.8 Å². The van der Waals surface area contributed by atoms with Crippen molar-refractivity contribution in [1.29, 1.82) is 0 Å². The third-order valence-electron chi connectivity index (χ3n) is 4.21. The summed E-state index contributed by atoms with van der Waals surface area (Å²) in [6, 6.07) is 0. The maximum Gasteiger partial charge on any atom is 0.228 e. The summed E-state index contributed by atoms with van der Waals surface area (Å²) in [5.41, 5.74) is 0.148. The van der Waals surface area contributed by atoms with Gasteiger partial charge in [0, 0.05) is 25.5 Å². The Morgan fingerprint density at radius 2 is 2.11 bits per heavy atom. The first kappa shape index (κ1) is 14.5. The van der Waals surface area contributed by atoms with Crippen LogP contribution >= 0.6 is 0 Å². The fourth-order valence-corrected chi connectivity index (χ4v) is 2.82. The molecule has 5 nitrogen and oxygen atoms in total. The predicted octanol–water partition coefficient (Wildman–Crippen LogP) is 2.11. The third-order valence-corrected chi connectivity index (χ3v) is 4.21. The van der Waals surface area contributed by atoms with Crippen molar-refractivity contribution in [1.82, 2.24) is 15.5 Å². The second kappa shape index (κ2) is 6.48. The molecule has 1 aliphatic carbocycles. The molecule has 5 heteroatoms. The maximum atomic E-state index is 5.38. The van der Waals surface area contributed by atoms with Crippen LogP contribution in [0.2, 0.25) is 0 Å². The monoisotopic (exact) mass is 267 g/mol. The minimum atomic E-state index is 0.124. The summed E-state index contributed by atoms with van der Waals surface area (Å²) in [6.07, 6.45) is 7.93. The lowest BCUT2D eigenvalue weighted by atomic mass is 9.79. The molecular formula is C14H25N3O2. The summed E-state index contributed by atoms with van der Waals surface area (Å²) in [7, 11) is 3.74. The molecule has 0 aliphatic heterocycles. The van der Waals surface area contributed by atoms with Crippen molar-refractivity contribution < 1.29 is 9.26 Å². The molecule has 0 radical (unpaired) electrons. The second-order valence-corrected chi connectivity index (χ2v) is 5.62. The average Bonchev–Trinajstić information content (AvgIpc) is 2.86. The van der Waals surface area contributed by atoms with E-state index in [2.05, 4.69) is 15.5 Å². The van der Waals surface area contributed by atoms with Gasteiger partial charge >= 0.3 is 0 Å². The number of ether oxygens (including phenoxy) is 1. The van der Waals surface area contributed by atoms with Gasteiger partial charge in [-0.15, -0.1) is 0 Å². The summed E-state index contributed by atoms with van der Waals surface area (Å²) >= 11 is 0. The van der Waals surface area contributed by atoms with Crippen molar-refractivity contribution in [3.63, 3.8) is 0 Å². The van der Waals surface area contributed by atoms with E-state index in [0.29, 0.717) is 6.42 Å². The molecule has 1 unspecified atom stereocenters. The highest BCUT2D eigenvalue weighted by Gasteiger charge is 2.32. The van der Waals surface area contributed by atoms with E-state index in [9.17, 15) is 0 Å². The fraction of sp³-hybridized carbons (Fsp3) is 0.857. The van der Waals surface area contributed by atoms with E-state index in [1.54, 1.807) is 7.11 Å². The van der Waals surface area contributed by atoms with Crippen LogP contribution in [-0.2, 0) is 17.6 Å². The average molecular weight is 267 g/mol. The molecule has 0 spiro atoms. The SMILES string of the molecule is CNC1(Cc2nc(CC(C)OC)no2)CCCCC1. The van der Waals surface area contributed by atoms with Gasteiger partial charge in [-0.25, -0.2) is 0 Å². The molecule has 0 bridgehead atoms. The molecule has 1 aromatic heterocycles. The van der Waals surface area contributed by atoms with Gasteiger partial charge in [-0.3, -0.25) is 0 Å². The molecule has 1 aromatic rings. The highest BCUT2D eigenvalue weighted by Crippen LogP contribution is 2.30. The molecule has 0 saturated heterocycles. The first-order valence-corrected chi connectivity index (χ1v) is 7.20. The van der Waals surface area contributed by atoms with Crippen LogP contribution in [0, 0.1) is 0 Å². The Labute approximate surface area is 115 Å². The van der Waals surface area contributed by atoms with Gasteiger partial charge < -0.3 is 14.6 Å². The number of aromatic nitrogens is 2. The lowest BCUT2D eigenvalue weighted by Gasteiger charge is -2.36. The first-order valence-electron chi connectivity index (χ1n) is 7.20. The van der Waals surface area contributed by atoms with Crippen molar-refractivity contribution >= 4 is 0 Å². The van der Waals surface area contributed by atoms with Crippen LogP contribution in [0.25, 0.3) is 0 Å². The first-order chi connectivity index (χ1) is 9.17. The van der Waals surface area contributed by atoms with Gasteiger partial charge in [-0.2, -0.15) is 4.98 Å². The zero-order valence-electron chi connectivity index (χ0n) is 12.2. The van der Waals surface area contributed by atoms with Crippen LogP contribution in [0.3, 0.4) is 0 Å². The van der Waals surface area contributed by atoms with Gasteiger partial charge in [0.2, 0.25) is 5.89 Å². The molecule has 1 heterocycles. The molecule has 2 rings (SSSR count). The Morgan fingerprint density at radius 3 is 2.74 bits per heavy atom. The molecule has 19 heavy (non-hydrogen) atoms. The molecule has 1 fully saturated rings. The van der Waals surface area contributed by atoms with E-state index in [-0.39, 0.29) is 11.6 Å². The topological polar surface area (TPSA) is 60.2 Å². The van der Waals surface area contributed by atoms with Crippen molar-refractivity contribution in [2.24, 2.45) is 0 Å². The number of nitrogens with one attached hydrogen (secondary N) is 1. The van der Waals surface area contributed by atoms with Gasteiger partial charge in [0.25, 0.3) is 0 Å². The van der Waals surface area contributed by atoms with Gasteiger partial charge in [0.15, 0.2) is 5.82 Å². The molecule has 1 N–H and O–H groups in total. The number of hydrogen-bond acceptors (Lipinski definition) is 5. The number of nitrogens with zero attached hydrogens (tertiary/aromatic N) is 2. The van der Waals surface area contributed by atoms with E-state index in [1.807, 2.05) is 14.0 Å². The fourth-order valence-electron chi connectivity index (χ4n) is 2.82. The van der Waals surface area contributed by atoms with Gasteiger partial charge in [-0.1, -0.05) is 24.4 Å². The molecule has 1 saturated carbocycles. The summed E-state index contributed by atoms with van der Waals surface area (Å²) < 4.78 is 10.6. The van der Waals surface area contributed by atoms with E-state index < -0.39 is 0 Å². The van der Waals surface area contributed by atoms with Gasteiger partial charge in [0.05, 0.1) is 6.10 Å². The van der Waals surface area contributed by atoms with Crippen LogP contribution in [0.5, 0.6) is 0 Å². The number of likely N-dealkylation sites (N-methyl/N-ethyl adjacent to an activating group) is 1. The standard InChI is InChI=1S/C14H25N3O2/c1-11(18-3)9-12-16-13(19-17-12)10-14(15-2)7-5-4-6-8-14/h11,15H,4-10H2,1-3H3. The Kier molecular flexibility index (Phi) is 4.93. The van der Waals surface area contributed by atoms with E-state index in [0.717, 1.165) is 18.1 Å². The molecule has 0 aromatic carbocycles. The van der Waals surface area contributed by atoms with E-state index >= 15 is 0 Å². The van der Waals surface area contributed by atoms with Crippen LogP contribution in [0.4, 0.5) is 0 Å². The largest absolute Gasteiger partial charge is 0.381 e. The third kappa shape index (κ3) is 3.76. The zero-order valence-corrected chi connectivity index (χ0v) is 12.2. The van der Waals surface area contributed by atoms with Crippen LogP contribution in [0.15, 0.2) is 4.52 Å². The Balaban J connectivity index is 1.98. The normalized spacial score (nSPS) is 20.4. The van der Waals surface area contributed by atoms with Crippen molar-refractivity contribution in [3.05, 3.63) is 11.7 Å². The summed E-state index contributed by atoms with van der Waals surface area (Å²) in [5.74, 6) is 1.49. The number of methoxy groups -OCH3 is 1. The zero-order chi connectivity index (χ0) is 13.7. The Morgan fingerprint density at radius 1 is 1.37 bits per heavy atom. The smallest absolute Gasteiger partial charge is 0.228 e. The Hall–Kier alpha value is -0.940. The summed E-state index contributed by atoms with van der Waals surface area (Å²) in [6.45, 7) is 2.01. The van der Waals surface area contributed by atoms with Gasteiger partial charge in [0.1, 0.15) is 0 Å². The highest BCUT2D eigenvalue weighted by molar-refractivity contribution is 4.99. The number of hydrogen-bond donors (Lipinski definition) is 1. The molecule has 0 amide bonds. The minimum Gasteiger partial charge on any atom is -0.381 e. The summed E-state index contributed by atoms with van der Waals surface area (Å²) in [4.78, 5) is 4.49. The van der Waals surface area contributed by atoms with Crippen LogP contribution in [-0.4, -0.2) is 35.9 Å². The lowest BCUT2D eigenvalue weighted by molar-refractivity contribution is 0.116. The lowest BCUT2D eigenvalue weighted by Crippen LogP contribution is -2.46. The van der Waals surface area contributed by atoms with E-state index in [4.69, 9.17) is 9.26 Å². The minimum absolute atomic E-state index is 0.124. The molecule has 108 valence electrons. The van der Waals surface area contributed by atoms with Crippen molar-refractivity contribution in [2.45, 2.75) is 63.5 Å². The van der Waals surface area contributed by atoms with Crippen LogP contribution in [0.1, 0.15) is 50.7 Å². The molecule has 1 aliphatic rings. The predicted molar refractivity (Wildman–Crippen MR) is 73.1 cm³/mol.